The van der Waals surface area contributed by atoms with E-state index in [0.717, 1.165) is 14.9 Å². The van der Waals surface area contributed by atoms with Crippen LogP contribution in [0.2, 0.25) is 0 Å². The molecular formula is C16H17BrN2O3S. The summed E-state index contributed by atoms with van der Waals surface area (Å²) in [6.07, 6.45) is 6.64. The van der Waals surface area contributed by atoms with Gasteiger partial charge in [-0.2, -0.15) is 0 Å². The zero-order valence-electron chi connectivity index (χ0n) is 12.6. The first-order chi connectivity index (χ1) is 11.0. The Morgan fingerprint density at radius 3 is 2.87 bits per heavy atom. The molecule has 1 aromatic heterocycles. The number of carbonyl (C=O) groups is 3. The molecule has 1 atom stereocenters. The van der Waals surface area contributed by atoms with Gasteiger partial charge in [0.05, 0.1) is 8.66 Å². The topological polar surface area (TPSA) is 75.3 Å². The van der Waals surface area contributed by atoms with Crippen LogP contribution in [-0.2, 0) is 16.0 Å². The number of allylic oxidation sites excluding steroid dienone is 2. The van der Waals surface area contributed by atoms with Gasteiger partial charge in [0.25, 0.3) is 5.91 Å². The Kier molecular flexibility index (Phi) is 5.90. The van der Waals surface area contributed by atoms with Crippen molar-refractivity contribution in [2.24, 2.45) is 0 Å². The predicted molar refractivity (Wildman–Crippen MR) is 94.3 cm³/mol. The SMILES string of the molecule is C=C/C=C\c1c(Br)sc(C(=O)NC2CCC(=O)NC2=O)c1CC. The number of carbonyl (C=O) groups excluding carboxylic acids is 3. The molecule has 2 rings (SSSR count). The molecule has 0 spiro atoms. The number of hydrogen-bond acceptors (Lipinski definition) is 4. The Morgan fingerprint density at radius 1 is 1.52 bits per heavy atom. The number of halogens is 1. The molecule has 0 saturated carbocycles. The number of thiophene rings is 1. The quantitative estimate of drug-likeness (QED) is 0.593. The standard InChI is InChI=1S/C16H17BrN2O3S/c1-3-5-6-10-9(4-2)13(23-14(10)17)16(22)18-11-7-8-12(20)19-15(11)21/h3,5-6,11H,1,4,7-8H2,2H3,(H,18,22)(H,19,20,21)/b6-5-. The second-order valence-corrected chi connectivity index (χ2v) is 7.36. The number of rotatable bonds is 5. The van der Waals surface area contributed by atoms with Gasteiger partial charge in [-0.3, -0.25) is 19.7 Å². The third kappa shape index (κ3) is 3.97. The smallest absolute Gasteiger partial charge is 0.262 e. The molecule has 3 amide bonds. The predicted octanol–water partition coefficient (Wildman–Crippen LogP) is 2.81. The number of hydrogen-bond donors (Lipinski definition) is 2. The molecule has 2 N–H and O–H groups in total. The minimum atomic E-state index is -0.669. The summed E-state index contributed by atoms with van der Waals surface area (Å²) in [5.74, 6) is -1.04. The van der Waals surface area contributed by atoms with Gasteiger partial charge in [0.15, 0.2) is 0 Å². The maximum atomic E-state index is 12.5. The van der Waals surface area contributed by atoms with E-state index in [4.69, 9.17) is 0 Å². The molecule has 1 saturated heterocycles. The Hall–Kier alpha value is -1.73. The summed E-state index contributed by atoms with van der Waals surface area (Å²) in [6, 6.07) is -0.669. The minimum Gasteiger partial charge on any atom is -0.340 e. The Bertz CT molecular complexity index is 694. The lowest BCUT2D eigenvalue weighted by atomic mass is 10.0. The van der Waals surface area contributed by atoms with Crippen molar-refractivity contribution in [3.05, 3.63) is 38.5 Å². The summed E-state index contributed by atoms with van der Waals surface area (Å²) in [6.45, 7) is 5.62. The third-order valence-electron chi connectivity index (χ3n) is 3.51. The van der Waals surface area contributed by atoms with Crippen LogP contribution in [0, 0.1) is 0 Å². The number of amides is 3. The van der Waals surface area contributed by atoms with Crippen LogP contribution >= 0.6 is 27.3 Å². The van der Waals surface area contributed by atoms with Gasteiger partial charge in [-0.15, -0.1) is 11.3 Å². The first-order valence-corrected chi connectivity index (χ1v) is 8.83. The Labute approximate surface area is 147 Å². The van der Waals surface area contributed by atoms with Crippen molar-refractivity contribution >= 4 is 51.1 Å². The molecule has 7 heteroatoms. The highest BCUT2D eigenvalue weighted by Gasteiger charge is 2.29. The van der Waals surface area contributed by atoms with Crippen LogP contribution in [0.1, 0.15) is 40.6 Å². The Balaban J connectivity index is 2.22. The largest absolute Gasteiger partial charge is 0.340 e. The van der Waals surface area contributed by atoms with E-state index in [0.29, 0.717) is 17.7 Å². The summed E-state index contributed by atoms with van der Waals surface area (Å²) in [7, 11) is 0. The van der Waals surface area contributed by atoms with E-state index in [1.165, 1.54) is 11.3 Å². The second-order valence-electron chi connectivity index (χ2n) is 5.02. The minimum absolute atomic E-state index is 0.235. The zero-order valence-corrected chi connectivity index (χ0v) is 15.1. The fraction of sp³-hybridized carbons (Fsp3) is 0.312. The molecule has 0 bridgehead atoms. The summed E-state index contributed by atoms with van der Waals surface area (Å²) in [4.78, 5) is 36.0. The van der Waals surface area contributed by atoms with Crippen LogP contribution < -0.4 is 10.6 Å². The van der Waals surface area contributed by atoms with Gasteiger partial charge in [0, 0.05) is 12.0 Å². The molecule has 1 aliphatic rings. The van der Waals surface area contributed by atoms with Crippen molar-refractivity contribution in [1.82, 2.24) is 10.6 Å². The van der Waals surface area contributed by atoms with Crippen LogP contribution in [0.4, 0.5) is 0 Å². The lowest BCUT2D eigenvalue weighted by molar-refractivity contribution is -0.134. The average Bonchev–Trinajstić information content (AvgIpc) is 2.84. The first-order valence-electron chi connectivity index (χ1n) is 7.22. The summed E-state index contributed by atoms with van der Waals surface area (Å²) in [5.41, 5.74) is 1.87. The van der Waals surface area contributed by atoms with Gasteiger partial charge in [-0.25, -0.2) is 0 Å². The molecule has 5 nitrogen and oxygen atoms in total. The van der Waals surface area contributed by atoms with Gasteiger partial charge in [0.1, 0.15) is 6.04 Å². The highest BCUT2D eigenvalue weighted by molar-refractivity contribution is 9.11. The lowest BCUT2D eigenvalue weighted by Gasteiger charge is -2.21. The summed E-state index contributed by atoms with van der Waals surface area (Å²) >= 11 is 4.82. The third-order valence-corrected chi connectivity index (χ3v) is 5.45. The molecule has 0 aromatic carbocycles. The van der Waals surface area contributed by atoms with E-state index in [1.807, 2.05) is 19.1 Å². The zero-order chi connectivity index (χ0) is 17.0. The van der Waals surface area contributed by atoms with E-state index in [-0.39, 0.29) is 18.2 Å². The number of piperidine rings is 1. The van der Waals surface area contributed by atoms with Crippen molar-refractivity contribution < 1.29 is 14.4 Å². The maximum absolute atomic E-state index is 12.5. The van der Waals surface area contributed by atoms with Crippen LogP contribution in [0.25, 0.3) is 6.08 Å². The molecule has 1 aliphatic heterocycles. The van der Waals surface area contributed by atoms with Crippen LogP contribution in [0.5, 0.6) is 0 Å². The molecule has 23 heavy (non-hydrogen) atoms. The fourth-order valence-electron chi connectivity index (χ4n) is 2.37. The van der Waals surface area contributed by atoms with Gasteiger partial charge < -0.3 is 5.32 Å². The van der Waals surface area contributed by atoms with Crippen molar-refractivity contribution in [3.63, 3.8) is 0 Å². The highest BCUT2D eigenvalue weighted by Crippen LogP contribution is 2.35. The van der Waals surface area contributed by atoms with Gasteiger partial charge in [0.2, 0.25) is 11.8 Å². The maximum Gasteiger partial charge on any atom is 0.262 e. The molecule has 1 aromatic rings. The van der Waals surface area contributed by atoms with Crippen LogP contribution in [0.3, 0.4) is 0 Å². The molecule has 1 fully saturated rings. The number of nitrogens with one attached hydrogen (secondary N) is 2. The van der Waals surface area contributed by atoms with E-state index >= 15 is 0 Å². The monoisotopic (exact) mass is 396 g/mol. The molecule has 122 valence electrons. The molecule has 0 radical (unpaired) electrons. The number of imide groups is 1. The Morgan fingerprint density at radius 2 is 2.26 bits per heavy atom. The summed E-state index contributed by atoms with van der Waals surface area (Å²) < 4.78 is 0.862. The van der Waals surface area contributed by atoms with Crippen LogP contribution in [0.15, 0.2) is 22.5 Å². The highest BCUT2D eigenvalue weighted by atomic mass is 79.9. The summed E-state index contributed by atoms with van der Waals surface area (Å²) in [5, 5.41) is 4.96. The average molecular weight is 397 g/mol. The van der Waals surface area contributed by atoms with Crippen molar-refractivity contribution in [2.45, 2.75) is 32.2 Å². The van der Waals surface area contributed by atoms with E-state index in [2.05, 4.69) is 33.1 Å². The second kappa shape index (κ2) is 7.70. The molecule has 2 heterocycles. The van der Waals surface area contributed by atoms with Crippen molar-refractivity contribution in [1.29, 1.82) is 0 Å². The first kappa shape index (κ1) is 17.6. The molecule has 1 unspecified atom stereocenters. The van der Waals surface area contributed by atoms with Crippen molar-refractivity contribution in [2.75, 3.05) is 0 Å². The lowest BCUT2D eigenvalue weighted by Crippen LogP contribution is -2.52. The fourth-order valence-corrected chi connectivity index (χ4v) is 4.23. The van der Waals surface area contributed by atoms with Gasteiger partial charge in [-0.1, -0.05) is 31.7 Å². The molecule has 0 aliphatic carbocycles. The van der Waals surface area contributed by atoms with Crippen LogP contribution in [-0.4, -0.2) is 23.8 Å². The molecular weight excluding hydrogens is 380 g/mol. The van der Waals surface area contributed by atoms with Crippen molar-refractivity contribution in [3.8, 4) is 0 Å². The van der Waals surface area contributed by atoms with Gasteiger partial charge >= 0.3 is 0 Å². The normalized spacial score (nSPS) is 18.1. The van der Waals surface area contributed by atoms with Gasteiger partial charge in [-0.05, 0) is 34.3 Å². The van der Waals surface area contributed by atoms with E-state index < -0.39 is 11.9 Å². The van der Waals surface area contributed by atoms with E-state index in [1.54, 1.807) is 6.08 Å². The van der Waals surface area contributed by atoms with E-state index in [9.17, 15) is 14.4 Å².